The van der Waals surface area contributed by atoms with E-state index < -0.39 is 5.69 Å². The average Bonchev–Trinajstić information content (AvgIpc) is 2.79. The number of unbranched alkanes of at least 4 members (excludes halogenated alkanes) is 2. The Kier molecular flexibility index (Phi) is 7.94. The van der Waals surface area contributed by atoms with Gasteiger partial charge in [0.25, 0.3) is 5.56 Å². The van der Waals surface area contributed by atoms with Gasteiger partial charge in [0.05, 0.1) is 25.1 Å². The first-order valence-electron chi connectivity index (χ1n) is 10.3. The number of ether oxygens (including phenoxy) is 2. The molecular formula is C23H26ClN3O5. The third-order valence-electron chi connectivity index (χ3n) is 5.21. The van der Waals surface area contributed by atoms with Crippen molar-refractivity contribution in [3.8, 4) is 11.5 Å². The predicted molar refractivity (Wildman–Crippen MR) is 124 cm³/mol. The maximum absolute atomic E-state index is 12.8. The summed E-state index contributed by atoms with van der Waals surface area (Å²) in [6.45, 7) is 0.647. The molecule has 0 atom stereocenters. The fraction of sp³-hybridized carbons (Fsp3) is 0.348. The normalized spacial score (nSPS) is 10.8. The summed E-state index contributed by atoms with van der Waals surface area (Å²) in [6, 6.07) is 10.5. The number of hydrogen-bond donors (Lipinski definition) is 2. The average molecular weight is 460 g/mol. The van der Waals surface area contributed by atoms with Gasteiger partial charge in [0.15, 0.2) is 11.5 Å². The minimum absolute atomic E-state index is 0.0633. The van der Waals surface area contributed by atoms with Crippen LogP contribution in [0.25, 0.3) is 10.9 Å². The number of methoxy groups -OCH3 is 2. The number of nitrogens with one attached hydrogen (secondary N) is 2. The fourth-order valence-corrected chi connectivity index (χ4v) is 3.64. The van der Waals surface area contributed by atoms with Crippen LogP contribution in [0.4, 0.5) is 0 Å². The highest BCUT2D eigenvalue weighted by molar-refractivity contribution is 6.31. The van der Waals surface area contributed by atoms with Gasteiger partial charge >= 0.3 is 5.69 Å². The molecule has 170 valence electrons. The van der Waals surface area contributed by atoms with E-state index in [-0.39, 0.29) is 18.0 Å². The summed E-state index contributed by atoms with van der Waals surface area (Å²) in [5.41, 5.74) is 0.394. The van der Waals surface area contributed by atoms with E-state index in [4.69, 9.17) is 21.1 Å². The van der Waals surface area contributed by atoms with Gasteiger partial charge in [-0.3, -0.25) is 14.2 Å². The van der Waals surface area contributed by atoms with Crippen molar-refractivity contribution in [3.05, 3.63) is 67.8 Å². The highest BCUT2D eigenvalue weighted by atomic mass is 35.5. The van der Waals surface area contributed by atoms with Gasteiger partial charge < -0.3 is 19.8 Å². The van der Waals surface area contributed by atoms with Crippen LogP contribution in [0.2, 0.25) is 5.02 Å². The molecule has 0 saturated heterocycles. The maximum Gasteiger partial charge on any atom is 0.328 e. The number of hydrogen-bond acceptors (Lipinski definition) is 5. The number of aromatic amines is 1. The molecule has 3 aromatic rings. The molecule has 0 radical (unpaired) electrons. The van der Waals surface area contributed by atoms with Crippen LogP contribution in [0.5, 0.6) is 11.5 Å². The van der Waals surface area contributed by atoms with Crippen molar-refractivity contribution in [3.63, 3.8) is 0 Å². The van der Waals surface area contributed by atoms with Gasteiger partial charge in [0.2, 0.25) is 5.91 Å². The lowest BCUT2D eigenvalue weighted by Crippen LogP contribution is -2.35. The number of nitrogens with zero attached hydrogens (tertiary/aromatic N) is 1. The Balaban J connectivity index is 1.54. The lowest BCUT2D eigenvalue weighted by Gasteiger charge is -2.11. The molecule has 0 unspecified atom stereocenters. The molecular weight excluding hydrogens is 434 g/mol. The zero-order chi connectivity index (χ0) is 23.1. The standard InChI is InChI=1S/C23H26ClN3O5/c1-31-19-12-16-18(13-20(19)32-2)26-23(30)27(22(16)29)11-7-3-4-10-21(28)25-14-15-8-5-6-9-17(15)24/h5-6,8-9,12-13H,3-4,7,10-11,14H2,1-2H3,(H,25,28)(H,26,30). The molecule has 9 heteroatoms. The van der Waals surface area contributed by atoms with Gasteiger partial charge in [-0.05, 0) is 30.5 Å². The minimum atomic E-state index is -0.479. The molecule has 0 aliphatic heterocycles. The van der Waals surface area contributed by atoms with Crippen LogP contribution in [0.1, 0.15) is 31.2 Å². The first kappa shape index (κ1) is 23.4. The van der Waals surface area contributed by atoms with Gasteiger partial charge in [-0.2, -0.15) is 0 Å². The molecule has 1 amide bonds. The number of amides is 1. The van der Waals surface area contributed by atoms with Crippen molar-refractivity contribution in [2.24, 2.45) is 0 Å². The van der Waals surface area contributed by atoms with Gasteiger partial charge in [0.1, 0.15) is 0 Å². The molecule has 0 aliphatic carbocycles. The summed E-state index contributed by atoms with van der Waals surface area (Å²) in [6.07, 6.45) is 2.32. The van der Waals surface area contributed by atoms with E-state index in [0.29, 0.717) is 59.7 Å². The first-order valence-corrected chi connectivity index (χ1v) is 10.7. The van der Waals surface area contributed by atoms with Crippen LogP contribution in [0.3, 0.4) is 0 Å². The number of H-pyrrole nitrogens is 1. The minimum Gasteiger partial charge on any atom is -0.493 e. The van der Waals surface area contributed by atoms with Gasteiger partial charge in [0, 0.05) is 30.6 Å². The van der Waals surface area contributed by atoms with Crippen molar-refractivity contribution in [2.45, 2.75) is 38.8 Å². The summed E-state index contributed by atoms with van der Waals surface area (Å²) < 4.78 is 11.6. The van der Waals surface area contributed by atoms with Crippen LogP contribution in [0, 0.1) is 0 Å². The lowest BCUT2D eigenvalue weighted by atomic mass is 10.1. The molecule has 1 aromatic heterocycles. The quantitative estimate of drug-likeness (QED) is 0.453. The zero-order valence-electron chi connectivity index (χ0n) is 18.1. The van der Waals surface area contributed by atoms with Crippen LogP contribution in [-0.4, -0.2) is 29.7 Å². The third-order valence-corrected chi connectivity index (χ3v) is 5.57. The summed E-state index contributed by atoms with van der Waals surface area (Å²) in [7, 11) is 2.97. The summed E-state index contributed by atoms with van der Waals surface area (Å²) in [5.74, 6) is 0.783. The Bertz CT molecular complexity index is 1220. The van der Waals surface area contributed by atoms with E-state index >= 15 is 0 Å². The van der Waals surface area contributed by atoms with E-state index in [1.54, 1.807) is 18.2 Å². The van der Waals surface area contributed by atoms with Gasteiger partial charge in [-0.15, -0.1) is 0 Å². The van der Waals surface area contributed by atoms with Gasteiger partial charge in [-0.1, -0.05) is 36.2 Å². The first-order chi connectivity index (χ1) is 15.4. The van der Waals surface area contributed by atoms with Crippen molar-refractivity contribution in [1.82, 2.24) is 14.9 Å². The molecule has 0 fully saturated rings. The number of aromatic nitrogens is 2. The second-order valence-corrected chi connectivity index (χ2v) is 7.73. The molecule has 0 spiro atoms. The fourth-order valence-electron chi connectivity index (χ4n) is 3.44. The Morgan fingerprint density at radius 3 is 2.50 bits per heavy atom. The molecule has 3 rings (SSSR count). The highest BCUT2D eigenvalue weighted by Gasteiger charge is 2.13. The number of benzene rings is 2. The zero-order valence-corrected chi connectivity index (χ0v) is 18.8. The van der Waals surface area contributed by atoms with Crippen LogP contribution in [-0.2, 0) is 17.9 Å². The predicted octanol–water partition coefficient (Wildman–Crippen LogP) is 3.24. The summed E-state index contributed by atoms with van der Waals surface area (Å²) in [5, 5.41) is 3.82. The van der Waals surface area contributed by atoms with Crippen molar-refractivity contribution < 1.29 is 14.3 Å². The largest absolute Gasteiger partial charge is 0.493 e. The summed E-state index contributed by atoms with van der Waals surface area (Å²) in [4.78, 5) is 40.0. The van der Waals surface area contributed by atoms with Crippen molar-refractivity contribution in [2.75, 3.05) is 14.2 Å². The van der Waals surface area contributed by atoms with E-state index in [0.717, 1.165) is 5.56 Å². The van der Waals surface area contributed by atoms with Crippen LogP contribution in [0.15, 0.2) is 46.0 Å². The Morgan fingerprint density at radius 1 is 1.06 bits per heavy atom. The number of carbonyl (C=O) groups is 1. The SMILES string of the molecule is COc1cc2[nH]c(=O)n(CCCCCC(=O)NCc3ccccc3Cl)c(=O)c2cc1OC. The molecule has 2 N–H and O–H groups in total. The molecule has 2 aromatic carbocycles. The highest BCUT2D eigenvalue weighted by Crippen LogP contribution is 2.29. The number of fused-ring (bicyclic) bond motifs is 1. The Hall–Kier alpha value is -3.26. The maximum atomic E-state index is 12.8. The molecule has 1 heterocycles. The van der Waals surface area contributed by atoms with E-state index in [1.165, 1.54) is 18.8 Å². The number of rotatable bonds is 10. The third kappa shape index (κ3) is 5.50. The smallest absolute Gasteiger partial charge is 0.328 e. The Morgan fingerprint density at radius 2 is 1.78 bits per heavy atom. The Labute approximate surface area is 190 Å². The summed E-state index contributed by atoms with van der Waals surface area (Å²) >= 11 is 6.08. The second kappa shape index (κ2) is 10.9. The molecule has 0 saturated carbocycles. The molecule has 32 heavy (non-hydrogen) atoms. The number of carbonyl (C=O) groups excluding carboxylic acids is 1. The van der Waals surface area contributed by atoms with Crippen LogP contribution >= 0.6 is 11.6 Å². The van der Waals surface area contributed by atoms with E-state index in [1.807, 2.05) is 18.2 Å². The van der Waals surface area contributed by atoms with E-state index in [2.05, 4.69) is 10.3 Å². The number of halogens is 1. The second-order valence-electron chi connectivity index (χ2n) is 7.32. The van der Waals surface area contributed by atoms with Crippen LogP contribution < -0.4 is 26.0 Å². The van der Waals surface area contributed by atoms with E-state index in [9.17, 15) is 14.4 Å². The van der Waals surface area contributed by atoms with Crippen molar-refractivity contribution >= 4 is 28.4 Å². The molecule has 8 nitrogen and oxygen atoms in total. The monoisotopic (exact) mass is 459 g/mol. The molecule has 0 bridgehead atoms. The lowest BCUT2D eigenvalue weighted by molar-refractivity contribution is -0.121. The molecule has 0 aliphatic rings. The van der Waals surface area contributed by atoms with Gasteiger partial charge in [-0.25, -0.2) is 4.79 Å². The topological polar surface area (TPSA) is 102 Å². The van der Waals surface area contributed by atoms with Crippen molar-refractivity contribution in [1.29, 1.82) is 0 Å².